The molecular formula is C9H11NO5. The van der Waals surface area contributed by atoms with E-state index in [1.165, 1.54) is 0 Å². The quantitative estimate of drug-likeness (QED) is 0.425. The molecule has 1 aromatic carbocycles. The highest BCUT2D eigenvalue weighted by Crippen LogP contribution is 2.28. The number of hydrogen-bond acceptors (Lipinski definition) is 5. The van der Waals surface area contributed by atoms with E-state index in [-0.39, 0.29) is 11.5 Å². The van der Waals surface area contributed by atoms with Crippen molar-refractivity contribution in [2.75, 3.05) is 0 Å². The predicted molar refractivity (Wildman–Crippen MR) is 50.3 cm³/mol. The van der Waals surface area contributed by atoms with Crippen LogP contribution < -0.4 is 5.73 Å². The van der Waals surface area contributed by atoms with Gasteiger partial charge in [0, 0.05) is 0 Å². The van der Waals surface area contributed by atoms with Gasteiger partial charge in [0.1, 0.15) is 12.1 Å². The Hall–Kier alpha value is -1.79. The van der Waals surface area contributed by atoms with Crippen molar-refractivity contribution in [1.29, 1.82) is 2.86 Å². The molecule has 0 amide bonds. The maximum Gasteiger partial charge on any atom is 0.323 e. The lowest BCUT2D eigenvalue weighted by atomic mass is 10.0. The molecule has 1 rings (SSSR count). The van der Waals surface area contributed by atoms with Crippen LogP contribution in [0.1, 0.15) is 14.4 Å². The molecule has 0 heterocycles. The van der Waals surface area contributed by atoms with E-state index in [1.54, 1.807) is 0 Å². The molecule has 0 aliphatic carbocycles. The number of aromatic hydroxyl groups is 2. The predicted octanol–water partition coefficient (Wildman–Crippen LogP) is -0.457. The number of phenolic OH excluding ortho intramolecular Hbond substituents is 2. The summed E-state index contributed by atoms with van der Waals surface area (Å²) in [4.78, 5) is 10.8. The second kappa shape index (κ2) is 4.16. The van der Waals surface area contributed by atoms with Crippen molar-refractivity contribution in [3.63, 3.8) is 0 Å². The highest BCUT2D eigenvalue weighted by Gasteiger charge is 2.24. The molecule has 6 nitrogen and oxygen atoms in total. The zero-order chi connectivity index (χ0) is 14.8. The van der Waals surface area contributed by atoms with Gasteiger partial charge in [-0.15, -0.1) is 0 Å². The largest absolute Gasteiger partial charge is 0.504 e. The molecule has 2 atom stereocenters. The van der Waals surface area contributed by atoms with Crippen LogP contribution >= 0.6 is 0 Å². The molecule has 1 aromatic rings. The van der Waals surface area contributed by atoms with E-state index in [1.807, 2.05) is 0 Å². The van der Waals surface area contributed by atoms with Gasteiger partial charge in [0.15, 0.2) is 11.5 Å². The van der Waals surface area contributed by atoms with Gasteiger partial charge in [-0.05, 0) is 17.7 Å². The first kappa shape index (κ1) is 6.65. The third kappa shape index (κ3) is 2.36. The van der Waals surface area contributed by atoms with Crippen molar-refractivity contribution in [2.24, 2.45) is 5.73 Å². The topological polar surface area (TPSA) is 124 Å². The van der Waals surface area contributed by atoms with Crippen LogP contribution in [0.25, 0.3) is 0 Å². The van der Waals surface area contributed by atoms with Gasteiger partial charge >= 0.3 is 5.97 Å². The molecular weight excluding hydrogens is 202 g/mol. The smallest absolute Gasteiger partial charge is 0.323 e. The van der Waals surface area contributed by atoms with Crippen LogP contribution in [0, 0.1) is 0 Å². The fraction of sp³-hybridized carbons (Fsp3) is 0.222. The number of carbonyl (C=O) groups is 1. The molecule has 0 saturated heterocycles. The summed E-state index contributed by atoms with van der Waals surface area (Å²) in [5, 5.41) is 26.8. The molecule has 2 unspecified atom stereocenters. The number of phenols is 2. The summed E-state index contributed by atoms with van der Waals surface area (Å²) < 4.78 is 28.3. The van der Waals surface area contributed by atoms with Crippen LogP contribution in [0.3, 0.4) is 0 Å². The Morgan fingerprint density at radius 2 is 2.13 bits per heavy atom. The molecule has 0 radical (unpaired) electrons. The van der Waals surface area contributed by atoms with Gasteiger partial charge in [0.25, 0.3) is 2.86 Å². The summed E-state index contributed by atoms with van der Waals surface area (Å²) in [5.41, 5.74) is 4.71. The van der Waals surface area contributed by atoms with Crippen LogP contribution in [0.5, 0.6) is 11.5 Å². The first-order valence-corrected chi connectivity index (χ1v) is 3.84. The molecule has 0 aliphatic heterocycles. The Balaban J connectivity index is 3.33. The van der Waals surface area contributed by atoms with Crippen molar-refractivity contribution < 1.29 is 28.0 Å². The fourth-order valence-electron chi connectivity index (χ4n) is 0.912. The molecule has 0 bridgehead atoms. The Kier molecular flexibility index (Phi) is 1.84. The number of aliphatic carboxylic acids is 1. The fourth-order valence-corrected chi connectivity index (χ4v) is 0.912. The Morgan fingerprint density at radius 3 is 2.67 bits per heavy atom. The lowest BCUT2D eigenvalue weighted by molar-refractivity contribution is -0.141. The third-order valence-corrected chi connectivity index (χ3v) is 1.70. The van der Waals surface area contributed by atoms with Gasteiger partial charge in [-0.2, -0.15) is 0 Å². The minimum atomic E-state index is -3.03. The Bertz CT molecular complexity index is 493. The first-order valence-electron chi connectivity index (χ1n) is 5.65. The van der Waals surface area contributed by atoms with E-state index in [0.717, 1.165) is 18.2 Å². The van der Waals surface area contributed by atoms with Crippen LogP contribution in [0.2, 0.25) is 0 Å². The maximum absolute atomic E-state index is 10.8. The number of nitrogens with two attached hydrogens (primary N) is 1. The lowest BCUT2D eigenvalue weighted by Crippen LogP contribution is -2.36. The molecule has 6 heteroatoms. The number of rotatable bonds is 5. The highest BCUT2D eigenvalue weighted by atomic mass is 16.4. The molecule has 0 fully saturated rings. The van der Waals surface area contributed by atoms with Crippen LogP contribution in [0.15, 0.2) is 18.2 Å². The summed E-state index contributed by atoms with van der Waals surface area (Å²) in [6.45, 7) is 0. The second-order valence-corrected chi connectivity index (χ2v) is 2.73. The van der Waals surface area contributed by atoms with Crippen molar-refractivity contribution in [1.82, 2.24) is 0 Å². The van der Waals surface area contributed by atoms with Gasteiger partial charge in [0.05, 0.1) is 2.74 Å². The number of aliphatic hydroxyl groups is 1. The van der Waals surface area contributed by atoms with E-state index in [2.05, 4.69) is 10.2 Å². The zero-order valence-electron chi connectivity index (χ0n) is 11.4. The zero-order valence-corrected chi connectivity index (χ0v) is 7.43. The summed E-state index contributed by atoms with van der Waals surface area (Å²) in [5.74, 6) is -2.42. The number of carboxylic acid groups (broad SMARTS) is 1. The summed E-state index contributed by atoms with van der Waals surface area (Å²) in [7, 11) is 0. The highest BCUT2D eigenvalue weighted by molar-refractivity contribution is 5.74. The number of hydrogen-bond donors (Lipinski definition) is 5. The SMILES string of the molecule is [2H]Oc1ccc(C([2H])(O)C([2H])(N)C(=O)O)cc1O[2H]. The van der Waals surface area contributed by atoms with Gasteiger partial charge in [-0.25, -0.2) is 0 Å². The minimum absolute atomic E-state index is 0.183. The van der Waals surface area contributed by atoms with Gasteiger partial charge < -0.3 is 26.2 Å². The monoisotopic (exact) mass is 217 g/mol. The number of carboxylic acids is 1. The second-order valence-electron chi connectivity index (χ2n) is 2.73. The van der Waals surface area contributed by atoms with E-state index < -0.39 is 23.6 Å². The van der Waals surface area contributed by atoms with Crippen molar-refractivity contribution in [2.45, 2.75) is 12.1 Å². The molecule has 15 heavy (non-hydrogen) atoms. The molecule has 0 spiro atoms. The van der Waals surface area contributed by atoms with E-state index in [0.29, 0.717) is 0 Å². The van der Waals surface area contributed by atoms with E-state index in [9.17, 15) is 9.90 Å². The van der Waals surface area contributed by atoms with E-state index >= 15 is 0 Å². The standard InChI is InChI=1S/C9H11NO5/c10-7(9(14)15)8(13)4-1-2-5(11)6(12)3-4/h1-3,7-8,11-13H,10H2,(H,14,15)/i7D,8D/hD2. The summed E-state index contributed by atoms with van der Waals surface area (Å²) >= 11 is 0. The molecule has 82 valence electrons. The summed E-state index contributed by atoms with van der Waals surface area (Å²) in [6.07, 6.45) is -2.99. The molecule has 0 aliphatic rings. The Morgan fingerprint density at radius 1 is 1.47 bits per heavy atom. The van der Waals surface area contributed by atoms with Crippen LogP contribution in [-0.2, 0) is 4.79 Å². The maximum atomic E-state index is 10.8. The average molecular weight is 217 g/mol. The van der Waals surface area contributed by atoms with Crippen LogP contribution in [-0.4, -0.2) is 35.3 Å². The molecule has 0 saturated carbocycles. The Labute approximate surface area is 91.0 Å². The van der Waals surface area contributed by atoms with Crippen LogP contribution in [0.4, 0.5) is 0 Å². The van der Waals surface area contributed by atoms with Crippen molar-refractivity contribution >= 4 is 5.97 Å². The average Bonchev–Trinajstić information content (AvgIpc) is 2.37. The van der Waals surface area contributed by atoms with Gasteiger partial charge in [-0.1, -0.05) is 6.07 Å². The lowest BCUT2D eigenvalue weighted by Gasteiger charge is -2.15. The molecule has 0 aromatic heterocycles. The van der Waals surface area contributed by atoms with Crippen molar-refractivity contribution in [3.05, 3.63) is 23.8 Å². The normalized spacial score (nSPS) is 22.0. The number of benzene rings is 1. The van der Waals surface area contributed by atoms with E-state index in [4.69, 9.17) is 16.4 Å². The third-order valence-electron chi connectivity index (χ3n) is 1.70. The first-order chi connectivity index (χ1) is 8.68. The van der Waals surface area contributed by atoms with Gasteiger partial charge in [-0.3, -0.25) is 4.79 Å². The van der Waals surface area contributed by atoms with Gasteiger partial charge in [0.2, 0.25) is 0 Å². The minimum Gasteiger partial charge on any atom is -0.504 e. The molecule has 6 N–H and O–H groups in total. The summed E-state index contributed by atoms with van der Waals surface area (Å²) in [6, 6.07) is -0.0271. The van der Waals surface area contributed by atoms with Crippen molar-refractivity contribution in [3.8, 4) is 11.5 Å².